The lowest BCUT2D eigenvalue weighted by Crippen LogP contribution is -2.42. The Balaban J connectivity index is 1.87. The summed E-state index contributed by atoms with van der Waals surface area (Å²) in [7, 11) is 1.46. The van der Waals surface area contributed by atoms with Crippen LogP contribution in [0.15, 0.2) is 42.7 Å². The van der Waals surface area contributed by atoms with Gasteiger partial charge in [-0.25, -0.2) is 9.97 Å². The Labute approximate surface area is 213 Å². The van der Waals surface area contributed by atoms with E-state index in [9.17, 15) is 14.4 Å². The third kappa shape index (κ3) is 7.54. The monoisotopic (exact) mass is 514 g/mol. The second-order valence-corrected chi connectivity index (χ2v) is 8.28. The van der Waals surface area contributed by atoms with Crippen molar-refractivity contribution >= 4 is 46.2 Å². The summed E-state index contributed by atoms with van der Waals surface area (Å²) in [6.45, 7) is 3.16. The second-order valence-electron chi connectivity index (χ2n) is 7.85. The highest BCUT2D eigenvalue weighted by Crippen LogP contribution is 2.34. The van der Waals surface area contributed by atoms with Gasteiger partial charge in [0.1, 0.15) is 18.2 Å². The first kappa shape index (κ1) is 26.7. The molecule has 11 heteroatoms. The van der Waals surface area contributed by atoms with Crippen LogP contribution in [0.25, 0.3) is 10.9 Å². The van der Waals surface area contributed by atoms with E-state index in [1.807, 2.05) is 12.1 Å². The molecule has 2 N–H and O–H groups in total. The molecule has 0 aliphatic rings. The third-order valence-electron chi connectivity index (χ3n) is 5.08. The summed E-state index contributed by atoms with van der Waals surface area (Å²) >= 11 is 6.01. The van der Waals surface area contributed by atoms with Crippen molar-refractivity contribution in [1.82, 2.24) is 15.3 Å². The van der Waals surface area contributed by atoms with E-state index in [1.165, 1.54) is 27.3 Å². The van der Waals surface area contributed by atoms with Crippen molar-refractivity contribution in [2.45, 2.75) is 32.7 Å². The fourth-order valence-corrected chi connectivity index (χ4v) is 3.55. The Bertz CT molecular complexity index is 1240. The highest BCUT2D eigenvalue weighted by molar-refractivity contribution is 6.30. The number of hydrogen-bond acceptors (Lipinski definition) is 9. The Hall–Kier alpha value is -3.92. The molecular weight excluding hydrogens is 488 g/mol. The van der Waals surface area contributed by atoms with Gasteiger partial charge in [-0.2, -0.15) is 0 Å². The van der Waals surface area contributed by atoms with Crippen LogP contribution >= 0.6 is 11.6 Å². The molecule has 36 heavy (non-hydrogen) atoms. The molecule has 1 atom stereocenters. The second kappa shape index (κ2) is 12.7. The van der Waals surface area contributed by atoms with E-state index < -0.39 is 12.0 Å². The molecule has 1 amide bonds. The number of hydrogen-bond donors (Lipinski definition) is 2. The molecule has 2 aromatic carbocycles. The van der Waals surface area contributed by atoms with Gasteiger partial charge >= 0.3 is 11.9 Å². The Morgan fingerprint density at radius 3 is 2.44 bits per heavy atom. The van der Waals surface area contributed by atoms with E-state index in [0.717, 1.165) is 5.56 Å². The van der Waals surface area contributed by atoms with Crippen LogP contribution in [-0.4, -0.2) is 54.1 Å². The summed E-state index contributed by atoms with van der Waals surface area (Å²) in [5, 5.41) is 7.19. The van der Waals surface area contributed by atoms with Crippen molar-refractivity contribution in [3.05, 3.63) is 53.3 Å². The first-order valence-corrected chi connectivity index (χ1v) is 11.6. The van der Waals surface area contributed by atoms with Crippen LogP contribution < -0.4 is 20.1 Å². The number of fused-ring (bicyclic) bond motifs is 1. The fourth-order valence-electron chi connectivity index (χ4n) is 3.43. The van der Waals surface area contributed by atoms with E-state index in [0.29, 0.717) is 46.9 Å². The highest BCUT2D eigenvalue weighted by Gasteiger charge is 2.21. The minimum absolute atomic E-state index is 0.208. The van der Waals surface area contributed by atoms with Crippen molar-refractivity contribution in [2.24, 2.45) is 0 Å². The number of nitrogens with zero attached hydrogens (tertiary/aromatic N) is 2. The molecule has 0 saturated heterocycles. The number of amides is 1. The summed E-state index contributed by atoms with van der Waals surface area (Å²) in [6.07, 6.45) is 2.18. The van der Waals surface area contributed by atoms with Crippen LogP contribution in [0.2, 0.25) is 5.02 Å². The summed E-state index contributed by atoms with van der Waals surface area (Å²) in [4.78, 5) is 44.2. The Morgan fingerprint density at radius 2 is 1.78 bits per heavy atom. The van der Waals surface area contributed by atoms with Crippen LogP contribution in [0.5, 0.6) is 11.5 Å². The number of carbonyl (C=O) groups is 3. The number of benzene rings is 2. The average molecular weight is 515 g/mol. The van der Waals surface area contributed by atoms with Gasteiger partial charge in [-0.3, -0.25) is 14.4 Å². The maximum absolute atomic E-state index is 13.1. The van der Waals surface area contributed by atoms with Gasteiger partial charge in [0, 0.05) is 43.3 Å². The topological polar surface area (TPSA) is 129 Å². The number of nitrogens with one attached hydrogen (secondary N) is 2. The van der Waals surface area contributed by atoms with Crippen molar-refractivity contribution in [2.75, 3.05) is 25.6 Å². The summed E-state index contributed by atoms with van der Waals surface area (Å²) in [5.74, 6) is -0.222. The predicted octanol–water partition coefficient (Wildman–Crippen LogP) is 3.31. The lowest BCUT2D eigenvalue weighted by Gasteiger charge is -2.20. The fraction of sp³-hybridized carbons (Fsp3) is 0.320. The quantitative estimate of drug-likeness (QED) is 0.225. The predicted molar refractivity (Wildman–Crippen MR) is 134 cm³/mol. The normalized spacial score (nSPS) is 11.4. The zero-order valence-electron chi connectivity index (χ0n) is 20.2. The minimum atomic E-state index is -0.711. The van der Waals surface area contributed by atoms with Crippen molar-refractivity contribution < 1.29 is 28.6 Å². The third-order valence-corrected chi connectivity index (χ3v) is 5.33. The van der Waals surface area contributed by atoms with E-state index in [2.05, 4.69) is 20.6 Å². The van der Waals surface area contributed by atoms with Gasteiger partial charge in [0.2, 0.25) is 5.91 Å². The van der Waals surface area contributed by atoms with Crippen LogP contribution in [-0.2, 0) is 25.5 Å². The molecule has 0 saturated carbocycles. The summed E-state index contributed by atoms with van der Waals surface area (Å²) < 4.78 is 15.5. The van der Waals surface area contributed by atoms with Gasteiger partial charge in [-0.15, -0.1) is 0 Å². The molecule has 3 rings (SSSR count). The lowest BCUT2D eigenvalue weighted by molar-refractivity contribution is -0.141. The first-order valence-electron chi connectivity index (χ1n) is 11.2. The number of rotatable bonds is 11. The van der Waals surface area contributed by atoms with Gasteiger partial charge in [-0.1, -0.05) is 23.7 Å². The molecular formula is C25H27ClN4O6. The molecule has 190 valence electrons. The van der Waals surface area contributed by atoms with Crippen molar-refractivity contribution in [1.29, 1.82) is 0 Å². The highest BCUT2D eigenvalue weighted by atomic mass is 35.5. The van der Waals surface area contributed by atoms with Crippen molar-refractivity contribution in [3.8, 4) is 11.5 Å². The Kier molecular flexibility index (Phi) is 9.40. The Morgan fingerprint density at radius 1 is 1.03 bits per heavy atom. The van der Waals surface area contributed by atoms with E-state index in [4.69, 9.17) is 25.8 Å². The molecule has 0 aliphatic carbocycles. The largest absolute Gasteiger partial charge is 0.493 e. The number of halogens is 1. The number of anilines is 1. The maximum Gasteiger partial charge on any atom is 0.308 e. The SMILES string of the molecule is COc1cc2ncnc(NC(Cc3ccc(Cl)cc3)C(=O)NCCCOC(C)=O)c2cc1OC(C)=O. The number of aromatic nitrogens is 2. The van der Waals surface area contributed by atoms with E-state index in [1.54, 1.807) is 24.3 Å². The molecule has 10 nitrogen and oxygen atoms in total. The van der Waals surface area contributed by atoms with E-state index in [-0.39, 0.29) is 24.2 Å². The number of carbonyl (C=O) groups excluding carboxylic acids is 3. The standard InChI is InChI=1S/C25H27ClN4O6/c1-15(31)35-10-4-9-27-25(33)21(11-17-5-7-18(26)8-6-17)30-24-19-12-23(36-16(2)32)22(34-3)13-20(19)28-14-29-24/h5-8,12-14,21H,4,9-11H2,1-3H3,(H,27,33)(H,28,29,30). The molecule has 1 unspecified atom stereocenters. The van der Waals surface area contributed by atoms with E-state index >= 15 is 0 Å². The molecule has 0 spiro atoms. The summed E-state index contributed by atoms with van der Waals surface area (Å²) in [5.41, 5.74) is 1.42. The zero-order valence-corrected chi connectivity index (χ0v) is 20.9. The minimum Gasteiger partial charge on any atom is -0.493 e. The van der Waals surface area contributed by atoms with Gasteiger partial charge in [0.05, 0.1) is 19.2 Å². The van der Waals surface area contributed by atoms with Crippen molar-refractivity contribution in [3.63, 3.8) is 0 Å². The lowest BCUT2D eigenvalue weighted by atomic mass is 10.0. The molecule has 1 heterocycles. The first-order chi connectivity index (χ1) is 17.3. The van der Waals surface area contributed by atoms with Crippen LogP contribution in [0.4, 0.5) is 5.82 Å². The molecule has 0 aliphatic heterocycles. The number of ether oxygens (including phenoxy) is 3. The molecule has 0 fully saturated rings. The average Bonchev–Trinajstić information content (AvgIpc) is 2.84. The number of esters is 2. The van der Waals surface area contributed by atoms with Gasteiger partial charge in [-0.05, 0) is 30.2 Å². The summed E-state index contributed by atoms with van der Waals surface area (Å²) in [6, 6.07) is 9.69. The van der Waals surface area contributed by atoms with Gasteiger partial charge in [0.15, 0.2) is 11.5 Å². The van der Waals surface area contributed by atoms with Gasteiger partial charge < -0.3 is 24.8 Å². The molecule has 0 bridgehead atoms. The van der Waals surface area contributed by atoms with Crippen LogP contribution in [0.1, 0.15) is 25.8 Å². The van der Waals surface area contributed by atoms with Crippen LogP contribution in [0.3, 0.4) is 0 Å². The number of methoxy groups -OCH3 is 1. The maximum atomic E-state index is 13.1. The zero-order chi connectivity index (χ0) is 26.1. The molecule has 1 aromatic heterocycles. The van der Waals surface area contributed by atoms with Crippen LogP contribution in [0, 0.1) is 0 Å². The molecule has 0 radical (unpaired) electrons. The van der Waals surface area contributed by atoms with Gasteiger partial charge in [0.25, 0.3) is 0 Å². The smallest absolute Gasteiger partial charge is 0.308 e. The molecule has 3 aromatic rings.